The number of hydrogen-bond donors (Lipinski definition) is 0. The van der Waals surface area contributed by atoms with Crippen LogP contribution in [-0.4, -0.2) is 0 Å². The molecule has 1 nitrogen and oxygen atoms in total. The van der Waals surface area contributed by atoms with E-state index in [0.717, 1.165) is 12.2 Å². The minimum absolute atomic E-state index is 0.470. The van der Waals surface area contributed by atoms with Crippen molar-refractivity contribution in [1.29, 1.82) is 0 Å². The van der Waals surface area contributed by atoms with E-state index in [4.69, 9.17) is 4.42 Å². The summed E-state index contributed by atoms with van der Waals surface area (Å²) in [6, 6.07) is 2.06. The standard InChI is InChI=1S/C12H14O/c1-9-4-3-5-10(2)11-6-7-13-12(11)8-9/h3,5-8,10H,4H2,1-2H3. The van der Waals surface area contributed by atoms with Gasteiger partial charge in [-0.05, 0) is 25.5 Å². The van der Waals surface area contributed by atoms with Crippen LogP contribution >= 0.6 is 0 Å². The lowest BCUT2D eigenvalue weighted by Crippen LogP contribution is -1.92. The van der Waals surface area contributed by atoms with Gasteiger partial charge in [0.1, 0.15) is 5.76 Å². The molecular formula is C12H14O. The minimum atomic E-state index is 0.470. The monoisotopic (exact) mass is 174 g/mol. The molecule has 0 bridgehead atoms. The molecule has 13 heavy (non-hydrogen) atoms. The number of allylic oxidation sites excluding steroid dienone is 3. The third-order valence-electron chi connectivity index (χ3n) is 2.46. The largest absolute Gasteiger partial charge is 0.465 e. The van der Waals surface area contributed by atoms with Crippen molar-refractivity contribution in [2.75, 3.05) is 0 Å². The Balaban J connectivity index is 2.49. The zero-order valence-corrected chi connectivity index (χ0v) is 8.08. The first kappa shape index (κ1) is 8.36. The topological polar surface area (TPSA) is 13.1 Å². The molecule has 1 heterocycles. The van der Waals surface area contributed by atoms with Crippen LogP contribution in [0.5, 0.6) is 0 Å². The SMILES string of the molecule is CC1=Cc2occc2C(C)C=CC1. The molecule has 0 N–H and O–H groups in total. The van der Waals surface area contributed by atoms with Crippen molar-refractivity contribution in [3.05, 3.63) is 41.4 Å². The van der Waals surface area contributed by atoms with Crippen LogP contribution in [0.15, 0.2) is 34.5 Å². The molecule has 0 saturated heterocycles. The molecule has 2 rings (SSSR count). The summed E-state index contributed by atoms with van der Waals surface area (Å²) in [6.45, 7) is 4.33. The average Bonchev–Trinajstić information content (AvgIpc) is 2.49. The summed E-state index contributed by atoms with van der Waals surface area (Å²) in [4.78, 5) is 0. The maximum atomic E-state index is 5.42. The highest BCUT2D eigenvalue weighted by molar-refractivity contribution is 5.53. The summed E-state index contributed by atoms with van der Waals surface area (Å²) in [7, 11) is 0. The van der Waals surface area contributed by atoms with E-state index in [-0.39, 0.29) is 0 Å². The van der Waals surface area contributed by atoms with E-state index in [1.54, 1.807) is 6.26 Å². The summed E-state index contributed by atoms with van der Waals surface area (Å²) in [5.74, 6) is 1.49. The van der Waals surface area contributed by atoms with Crippen LogP contribution in [0.25, 0.3) is 6.08 Å². The maximum Gasteiger partial charge on any atom is 0.130 e. The Bertz CT molecular complexity index is 355. The first-order valence-electron chi connectivity index (χ1n) is 4.68. The third-order valence-corrected chi connectivity index (χ3v) is 2.46. The molecule has 1 atom stereocenters. The summed E-state index contributed by atoms with van der Waals surface area (Å²) in [6.07, 6.45) is 9.40. The Hall–Kier alpha value is -1.24. The molecule has 1 aliphatic rings. The lowest BCUT2D eigenvalue weighted by Gasteiger charge is -2.08. The second-order valence-electron chi connectivity index (χ2n) is 3.65. The Morgan fingerprint density at radius 3 is 3.15 bits per heavy atom. The average molecular weight is 174 g/mol. The van der Waals surface area contributed by atoms with Crippen molar-refractivity contribution >= 4 is 6.08 Å². The molecule has 0 amide bonds. The second-order valence-corrected chi connectivity index (χ2v) is 3.65. The van der Waals surface area contributed by atoms with Gasteiger partial charge >= 0.3 is 0 Å². The molecule has 0 aliphatic heterocycles. The van der Waals surface area contributed by atoms with Crippen LogP contribution in [0.1, 0.15) is 37.5 Å². The maximum absolute atomic E-state index is 5.42. The number of hydrogen-bond acceptors (Lipinski definition) is 1. The van der Waals surface area contributed by atoms with Crippen LogP contribution in [0.4, 0.5) is 0 Å². The van der Waals surface area contributed by atoms with Crippen molar-refractivity contribution in [3.8, 4) is 0 Å². The van der Waals surface area contributed by atoms with Crippen LogP contribution in [0, 0.1) is 0 Å². The van der Waals surface area contributed by atoms with Crippen molar-refractivity contribution in [3.63, 3.8) is 0 Å². The quantitative estimate of drug-likeness (QED) is 0.546. The van der Waals surface area contributed by atoms with Crippen molar-refractivity contribution in [2.24, 2.45) is 0 Å². The van der Waals surface area contributed by atoms with E-state index in [1.165, 1.54) is 11.1 Å². The van der Waals surface area contributed by atoms with Crippen molar-refractivity contribution in [1.82, 2.24) is 0 Å². The van der Waals surface area contributed by atoms with Crippen molar-refractivity contribution < 1.29 is 4.42 Å². The lowest BCUT2D eigenvalue weighted by atomic mass is 9.97. The molecule has 1 aromatic heterocycles. The van der Waals surface area contributed by atoms with E-state index < -0.39 is 0 Å². The van der Waals surface area contributed by atoms with Crippen LogP contribution in [-0.2, 0) is 0 Å². The van der Waals surface area contributed by atoms with Gasteiger partial charge in [0.05, 0.1) is 6.26 Å². The molecule has 1 heteroatoms. The number of rotatable bonds is 0. The van der Waals surface area contributed by atoms with Gasteiger partial charge < -0.3 is 4.42 Å². The van der Waals surface area contributed by atoms with Crippen LogP contribution in [0.3, 0.4) is 0 Å². The Morgan fingerprint density at radius 2 is 2.31 bits per heavy atom. The third kappa shape index (κ3) is 1.59. The fourth-order valence-corrected chi connectivity index (χ4v) is 1.67. The summed E-state index contributed by atoms with van der Waals surface area (Å²) >= 11 is 0. The van der Waals surface area contributed by atoms with E-state index in [9.17, 15) is 0 Å². The van der Waals surface area contributed by atoms with Crippen LogP contribution < -0.4 is 0 Å². The number of fused-ring (bicyclic) bond motifs is 1. The zero-order valence-electron chi connectivity index (χ0n) is 8.08. The minimum Gasteiger partial charge on any atom is -0.465 e. The van der Waals surface area contributed by atoms with E-state index in [2.05, 4.69) is 38.1 Å². The summed E-state index contributed by atoms with van der Waals surface area (Å²) in [5, 5.41) is 0. The van der Waals surface area contributed by atoms with Gasteiger partial charge in [0.15, 0.2) is 0 Å². The van der Waals surface area contributed by atoms with E-state index in [1.807, 2.05) is 0 Å². The molecule has 1 aromatic rings. The molecule has 0 radical (unpaired) electrons. The van der Waals surface area contributed by atoms with Gasteiger partial charge in [0, 0.05) is 11.5 Å². The first-order chi connectivity index (χ1) is 6.27. The van der Waals surface area contributed by atoms with Gasteiger partial charge in [-0.15, -0.1) is 0 Å². The van der Waals surface area contributed by atoms with Crippen molar-refractivity contribution in [2.45, 2.75) is 26.2 Å². The molecule has 1 aliphatic carbocycles. The van der Waals surface area contributed by atoms with Gasteiger partial charge in [-0.3, -0.25) is 0 Å². The molecular weight excluding hydrogens is 160 g/mol. The molecule has 1 unspecified atom stereocenters. The first-order valence-corrected chi connectivity index (χ1v) is 4.68. The summed E-state index contributed by atoms with van der Waals surface area (Å²) in [5.41, 5.74) is 2.63. The van der Waals surface area contributed by atoms with Crippen LogP contribution in [0.2, 0.25) is 0 Å². The highest BCUT2D eigenvalue weighted by Gasteiger charge is 2.11. The fraction of sp³-hybridized carbons (Fsp3) is 0.333. The highest BCUT2D eigenvalue weighted by Crippen LogP contribution is 2.27. The molecule has 0 fully saturated rings. The fourth-order valence-electron chi connectivity index (χ4n) is 1.67. The number of furan rings is 1. The predicted molar refractivity (Wildman–Crippen MR) is 54.5 cm³/mol. The smallest absolute Gasteiger partial charge is 0.130 e. The van der Waals surface area contributed by atoms with Gasteiger partial charge in [0.2, 0.25) is 0 Å². The van der Waals surface area contributed by atoms with Gasteiger partial charge in [0.25, 0.3) is 0 Å². The molecule has 0 aromatic carbocycles. The second kappa shape index (κ2) is 3.25. The summed E-state index contributed by atoms with van der Waals surface area (Å²) < 4.78 is 5.42. The van der Waals surface area contributed by atoms with Gasteiger partial charge in [-0.1, -0.05) is 24.6 Å². The van der Waals surface area contributed by atoms with Gasteiger partial charge in [-0.2, -0.15) is 0 Å². The van der Waals surface area contributed by atoms with E-state index in [0.29, 0.717) is 5.92 Å². The molecule has 68 valence electrons. The molecule has 0 saturated carbocycles. The highest BCUT2D eigenvalue weighted by atomic mass is 16.3. The Labute approximate surface area is 78.8 Å². The van der Waals surface area contributed by atoms with E-state index >= 15 is 0 Å². The lowest BCUT2D eigenvalue weighted by molar-refractivity contribution is 0.551. The predicted octanol–water partition coefficient (Wildman–Crippen LogP) is 3.75. The Morgan fingerprint density at radius 1 is 1.46 bits per heavy atom. The zero-order chi connectivity index (χ0) is 9.26. The van der Waals surface area contributed by atoms with Gasteiger partial charge in [-0.25, -0.2) is 0 Å². The normalized spacial score (nSPS) is 21.7. The molecule has 0 spiro atoms. The Kier molecular flexibility index (Phi) is 2.09.